The summed E-state index contributed by atoms with van der Waals surface area (Å²) in [6.07, 6.45) is 2.56. The lowest BCUT2D eigenvalue weighted by molar-refractivity contribution is -0.297. The van der Waals surface area contributed by atoms with Crippen LogP contribution in [0.4, 0.5) is 0 Å². The Balaban J connectivity index is 1.69. The van der Waals surface area contributed by atoms with Crippen molar-refractivity contribution in [1.29, 1.82) is 0 Å². The average Bonchev–Trinajstić information content (AvgIpc) is 3.27. The van der Waals surface area contributed by atoms with E-state index in [1.165, 1.54) is 6.08 Å². The summed E-state index contributed by atoms with van der Waals surface area (Å²) in [5.41, 5.74) is 4.78. The number of carboxylic acids is 1. The van der Waals surface area contributed by atoms with E-state index >= 15 is 0 Å². The van der Waals surface area contributed by atoms with Gasteiger partial charge in [-0.3, -0.25) is 0 Å². The average molecular weight is 446 g/mol. The standard InChI is InChI=1S/C26H19ClO3S/c27-21-10-11-24(30-17-19-5-2-1-3-6-19)23(16-21)22-13-14-31-26(22)20-8-4-7-18(15-20)9-12-25(28)29/h1-16H,17H2,(H,28,29)/p-1/b12-9+. The maximum absolute atomic E-state index is 10.7. The van der Waals surface area contributed by atoms with Gasteiger partial charge < -0.3 is 14.6 Å². The summed E-state index contributed by atoms with van der Waals surface area (Å²) >= 11 is 7.93. The largest absolute Gasteiger partial charge is 0.545 e. The van der Waals surface area contributed by atoms with Gasteiger partial charge in [-0.1, -0.05) is 66.2 Å². The van der Waals surface area contributed by atoms with Crippen molar-refractivity contribution < 1.29 is 14.6 Å². The zero-order valence-electron chi connectivity index (χ0n) is 16.5. The molecule has 0 spiro atoms. The van der Waals surface area contributed by atoms with E-state index in [1.54, 1.807) is 11.3 Å². The summed E-state index contributed by atoms with van der Waals surface area (Å²) in [4.78, 5) is 11.8. The topological polar surface area (TPSA) is 49.4 Å². The van der Waals surface area contributed by atoms with Crippen molar-refractivity contribution in [3.05, 3.63) is 106 Å². The van der Waals surface area contributed by atoms with Gasteiger partial charge in [0.1, 0.15) is 12.4 Å². The molecule has 4 rings (SSSR count). The van der Waals surface area contributed by atoms with Crippen LogP contribution in [0.25, 0.3) is 27.6 Å². The van der Waals surface area contributed by atoms with E-state index in [0.717, 1.165) is 44.5 Å². The zero-order valence-corrected chi connectivity index (χ0v) is 18.0. The molecular formula is C26H18ClO3S-. The lowest BCUT2D eigenvalue weighted by Crippen LogP contribution is -2.18. The van der Waals surface area contributed by atoms with Gasteiger partial charge in [0.05, 0.1) is 5.97 Å². The number of rotatable bonds is 7. The molecule has 0 N–H and O–H groups in total. The van der Waals surface area contributed by atoms with Crippen LogP contribution in [0, 0.1) is 0 Å². The molecule has 0 fully saturated rings. The molecule has 1 aromatic heterocycles. The van der Waals surface area contributed by atoms with Crippen LogP contribution in [-0.4, -0.2) is 5.97 Å². The molecule has 0 aliphatic rings. The minimum Gasteiger partial charge on any atom is -0.545 e. The molecule has 0 saturated carbocycles. The Labute approximate surface area is 189 Å². The first-order valence-electron chi connectivity index (χ1n) is 9.64. The van der Waals surface area contributed by atoms with Gasteiger partial charge in [-0.25, -0.2) is 0 Å². The summed E-state index contributed by atoms with van der Waals surface area (Å²) < 4.78 is 6.14. The highest BCUT2D eigenvalue weighted by Gasteiger charge is 2.15. The number of benzene rings is 3. The van der Waals surface area contributed by atoms with Crippen LogP contribution >= 0.6 is 22.9 Å². The number of carbonyl (C=O) groups is 1. The van der Waals surface area contributed by atoms with Gasteiger partial charge in [-0.2, -0.15) is 0 Å². The van der Waals surface area contributed by atoms with Crippen molar-refractivity contribution in [2.24, 2.45) is 0 Å². The second kappa shape index (κ2) is 9.65. The first-order chi connectivity index (χ1) is 15.1. The van der Waals surface area contributed by atoms with E-state index in [0.29, 0.717) is 11.6 Å². The second-order valence-electron chi connectivity index (χ2n) is 6.86. The highest BCUT2D eigenvalue weighted by Crippen LogP contribution is 2.42. The Morgan fingerprint density at radius 1 is 0.968 bits per heavy atom. The third kappa shape index (κ3) is 5.23. The van der Waals surface area contributed by atoms with E-state index in [2.05, 4.69) is 0 Å². The minimum absolute atomic E-state index is 0.457. The maximum atomic E-state index is 10.7. The molecule has 0 saturated heterocycles. The summed E-state index contributed by atoms with van der Waals surface area (Å²) in [5, 5.41) is 13.4. The monoisotopic (exact) mass is 445 g/mol. The summed E-state index contributed by atoms with van der Waals surface area (Å²) in [6, 6.07) is 25.4. The lowest BCUT2D eigenvalue weighted by Gasteiger charge is -2.13. The quantitative estimate of drug-likeness (QED) is 0.324. The molecule has 0 amide bonds. The van der Waals surface area contributed by atoms with Crippen molar-refractivity contribution in [1.82, 2.24) is 0 Å². The van der Waals surface area contributed by atoms with Crippen LogP contribution in [0.2, 0.25) is 5.02 Å². The van der Waals surface area contributed by atoms with Crippen molar-refractivity contribution >= 4 is 35.0 Å². The number of carbonyl (C=O) groups excluding carboxylic acids is 1. The molecular weight excluding hydrogens is 428 g/mol. The number of aliphatic carboxylic acids is 1. The SMILES string of the molecule is O=C([O-])/C=C/c1cccc(-c2sccc2-c2cc(Cl)ccc2OCc2ccccc2)c1. The molecule has 0 radical (unpaired) electrons. The number of hydrogen-bond acceptors (Lipinski definition) is 4. The number of thiophene rings is 1. The molecule has 1 heterocycles. The predicted molar refractivity (Wildman–Crippen MR) is 125 cm³/mol. The number of hydrogen-bond donors (Lipinski definition) is 0. The fraction of sp³-hybridized carbons (Fsp3) is 0.0385. The highest BCUT2D eigenvalue weighted by atomic mass is 35.5. The van der Waals surface area contributed by atoms with Gasteiger partial charge in [0, 0.05) is 21.0 Å². The molecule has 0 aliphatic carbocycles. The Hall–Kier alpha value is -3.34. The molecule has 3 nitrogen and oxygen atoms in total. The highest BCUT2D eigenvalue weighted by molar-refractivity contribution is 7.14. The molecule has 3 aromatic carbocycles. The van der Waals surface area contributed by atoms with Gasteiger partial charge in [-0.05, 0) is 58.5 Å². The molecule has 31 heavy (non-hydrogen) atoms. The number of halogens is 1. The lowest BCUT2D eigenvalue weighted by atomic mass is 10.0. The zero-order chi connectivity index (χ0) is 21.6. The number of carboxylic acid groups (broad SMARTS) is 1. The van der Waals surface area contributed by atoms with E-state index in [-0.39, 0.29) is 0 Å². The van der Waals surface area contributed by atoms with Crippen molar-refractivity contribution in [3.8, 4) is 27.3 Å². The van der Waals surface area contributed by atoms with Crippen LogP contribution < -0.4 is 9.84 Å². The van der Waals surface area contributed by atoms with Gasteiger partial charge >= 0.3 is 0 Å². The summed E-state index contributed by atoms with van der Waals surface area (Å²) in [6.45, 7) is 0.457. The molecule has 4 aromatic rings. The van der Waals surface area contributed by atoms with Crippen LogP contribution in [0.3, 0.4) is 0 Å². The normalized spacial score (nSPS) is 11.0. The third-order valence-corrected chi connectivity index (χ3v) is 5.89. The fourth-order valence-electron chi connectivity index (χ4n) is 3.27. The van der Waals surface area contributed by atoms with E-state index in [1.807, 2.05) is 84.2 Å². The minimum atomic E-state index is -1.22. The molecule has 0 unspecified atom stereocenters. The van der Waals surface area contributed by atoms with Gasteiger partial charge in [0.2, 0.25) is 0 Å². The van der Waals surface area contributed by atoms with Crippen LogP contribution in [0.5, 0.6) is 5.75 Å². The molecule has 5 heteroatoms. The smallest absolute Gasteiger partial charge is 0.127 e. The molecule has 154 valence electrons. The Bertz CT molecular complexity index is 1230. The Morgan fingerprint density at radius 3 is 2.61 bits per heavy atom. The van der Waals surface area contributed by atoms with Gasteiger partial charge in [0.15, 0.2) is 0 Å². The predicted octanol–water partition coefficient (Wildman–Crippen LogP) is 6.08. The second-order valence-corrected chi connectivity index (χ2v) is 8.21. The van der Waals surface area contributed by atoms with Crippen LogP contribution in [-0.2, 0) is 11.4 Å². The van der Waals surface area contributed by atoms with Gasteiger partial charge in [-0.15, -0.1) is 11.3 Å². The van der Waals surface area contributed by atoms with Crippen LogP contribution in [0.15, 0.2) is 90.3 Å². The van der Waals surface area contributed by atoms with E-state index in [9.17, 15) is 9.90 Å². The Kier molecular flexibility index (Phi) is 6.51. The summed E-state index contributed by atoms with van der Waals surface area (Å²) in [7, 11) is 0. The molecule has 0 aliphatic heterocycles. The number of ether oxygens (including phenoxy) is 1. The molecule has 0 atom stereocenters. The Morgan fingerprint density at radius 2 is 1.81 bits per heavy atom. The van der Waals surface area contributed by atoms with Crippen LogP contribution in [0.1, 0.15) is 11.1 Å². The fourth-order valence-corrected chi connectivity index (χ4v) is 4.35. The summed E-state index contributed by atoms with van der Waals surface area (Å²) in [5.74, 6) is -0.470. The van der Waals surface area contributed by atoms with Crippen molar-refractivity contribution in [2.45, 2.75) is 6.61 Å². The van der Waals surface area contributed by atoms with Gasteiger partial charge in [0.25, 0.3) is 0 Å². The van der Waals surface area contributed by atoms with E-state index in [4.69, 9.17) is 16.3 Å². The van der Waals surface area contributed by atoms with E-state index < -0.39 is 5.97 Å². The first-order valence-corrected chi connectivity index (χ1v) is 10.9. The van der Waals surface area contributed by atoms with Crippen molar-refractivity contribution in [3.63, 3.8) is 0 Å². The first kappa shape index (κ1) is 20.9. The van der Waals surface area contributed by atoms with Crippen molar-refractivity contribution in [2.75, 3.05) is 0 Å². The third-order valence-electron chi connectivity index (χ3n) is 4.69. The molecule has 0 bridgehead atoms. The maximum Gasteiger partial charge on any atom is 0.127 e.